The first-order chi connectivity index (χ1) is 12.4. The number of nitrogens with zero attached hydrogens (tertiary/aromatic N) is 1. The molecule has 0 atom stereocenters. The molecule has 0 unspecified atom stereocenters. The van der Waals surface area contributed by atoms with Crippen molar-refractivity contribution >= 4 is 28.6 Å². The highest BCUT2D eigenvalue weighted by atomic mass is 32.2. The van der Waals surface area contributed by atoms with Crippen LogP contribution in [0, 0.1) is 6.92 Å². The largest absolute Gasteiger partial charge is 0.461 e. The van der Waals surface area contributed by atoms with Crippen LogP contribution >= 0.6 is 11.8 Å². The predicted octanol–water partition coefficient (Wildman–Crippen LogP) is 3.93. The van der Waals surface area contributed by atoms with Gasteiger partial charge < -0.3 is 14.8 Å². The van der Waals surface area contributed by atoms with Gasteiger partial charge in [0.1, 0.15) is 11.3 Å². The molecule has 0 aliphatic rings. The van der Waals surface area contributed by atoms with E-state index in [1.807, 2.05) is 36.4 Å². The monoisotopic (exact) mass is 370 g/mol. The Labute approximate surface area is 156 Å². The van der Waals surface area contributed by atoms with Gasteiger partial charge in [-0.1, -0.05) is 6.07 Å². The fraction of sp³-hybridized carbons (Fsp3) is 0.300. The Bertz CT molecular complexity index is 919. The van der Waals surface area contributed by atoms with Gasteiger partial charge in [0.25, 0.3) is 5.91 Å². The van der Waals surface area contributed by atoms with Crippen molar-refractivity contribution in [1.82, 2.24) is 10.3 Å². The van der Waals surface area contributed by atoms with Crippen molar-refractivity contribution < 1.29 is 14.3 Å². The van der Waals surface area contributed by atoms with Gasteiger partial charge in [-0.25, -0.2) is 0 Å². The minimum Gasteiger partial charge on any atom is -0.461 e. The number of aromatic nitrogens is 1. The van der Waals surface area contributed by atoms with E-state index in [1.54, 1.807) is 38.7 Å². The summed E-state index contributed by atoms with van der Waals surface area (Å²) in [5, 5.41) is 13.0. The van der Waals surface area contributed by atoms with Crippen LogP contribution in [0.3, 0.4) is 0 Å². The first-order valence-electron chi connectivity index (χ1n) is 8.39. The van der Waals surface area contributed by atoms with Gasteiger partial charge in [0, 0.05) is 22.2 Å². The summed E-state index contributed by atoms with van der Waals surface area (Å²) in [6.07, 6.45) is 1.78. The van der Waals surface area contributed by atoms with Crippen LogP contribution < -0.4 is 5.32 Å². The van der Waals surface area contributed by atoms with Crippen molar-refractivity contribution in [2.24, 2.45) is 0 Å². The number of hydrogen-bond acceptors (Lipinski definition) is 5. The summed E-state index contributed by atoms with van der Waals surface area (Å²) in [7, 11) is 0. The number of aryl methyl sites for hydroxylation is 1. The van der Waals surface area contributed by atoms with Crippen LogP contribution in [-0.4, -0.2) is 28.1 Å². The van der Waals surface area contributed by atoms with Crippen molar-refractivity contribution in [2.75, 3.05) is 6.61 Å². The second kappa shape index (κ2) is 7.51. The maximum Gasteiger partial charge on any atom is 0.255 e. The molecular weight excluding hydrogens is 348 g/mol. The Morgan fingerprint density at radius 1 is 1.31 bits per heavy atom. The molecule has 0 bridgehead atoms. The number of nitrogens with one attached hydrogen (secondary N) is 1. The molecule has 1 aromatic carbocycles. The molecular formula is C20H22N2O3S. The third-order valence-corrected chi connectivity index (χ3v) is 5.05. The van der Waals surface area contributed by atoms with Crippen LogP contribution in [0.1, 0.15) is 35.7 Å². The minimum atomic E-state index is -0.696. The summed E-state index contributed by atoms with van der Waals surface area (Å²) in [5.41, 5.74) is 1.50. The maximum absolute atomic E-state index is 12.7. The summed E-state index contributed by atoms with van der Waals surface area (Å²) >= 11 is 1.66. The average Bonchev–Trinajstić information content (AvgIpc) is 2.95. The molecule has 0 radical (unpaired) electrons. The lowest BCUT2D eigenvalue weighted by Crippen LogP contribution is -2.46. The highest BCUT2D eigenvalue weighted by Gasteiger charge is 2.24. The Kier molecular flexibility index (Phi) is 5.34. The normalized spacial score (nSPS) is 11.7. The van der Waals surface area contributed by atoms with E-state index in [2.05, 4.69) is 10.3 Å². The van der Waals surface area contributed by atoms with Crippen molar-refractivity contribution in [1.29, 1.82) is 0 Å². The highest BCUT2D eigenvalue weighted by molar-refractivity contribution is 7.98. The van der Waals surface area contributed by atoms with Gasteiger partial charge in [0.15, 0.2) is 0 Å². The minimum absolute atomic E-state index is 0.140. The van der Waals surface area contributed by atoms with Crippen LogP contribution in [0.15, 0.2) is 51.9 Å². The zero-order valence-electron chi connectivity index (χ0n) is 15.1. The van der Waals surface area contributed by atoms with Gasteiger partial charge in [-0.2, -0.15) is 0 Å². The zero-order valence-corrected chi connectivity index (χ0v) is 15.9. The molecule has 6 heteroatoms. The molecule has 26 heavy (non-hydrogen) atoms. The number of furan rings is 1. The zero-order chi connectivity index (χ0) is 18.7. The number of amides is 1. The number of carbonyl (C=O) groups excluding carboxylic acids is 1. The Balaban J connectivity index is 1.87. The van der Waals surface area contributed by atoms with Gasteiger partial charge in [0.2, 0.25) is 0 Å². The predicted molar refractivity (Wildman–Crippen MR) is 103 cm³/mol. The fourth-order valence-corrected chi connectivity index (χ4v) is 3.47. The number of thioether (sulfide) groups is 1. The highest BCUT2D eigenvalue weighted by Crippen LogP contribution is 2.31. The molecule has 0 saturated carbocycles. The van der Waals surface area contributed by atoms with Gasteiger partial charge in [-0.3, -0.25) is 9.78 Å². The van der Waals surface area contributed by atoms with Gasteiger partial charge in [-0.05, 0) is 51.1 Å². The van der Waals surface area contributed by atoms with Crippen LogP contribution in [0.4, 0.5) is 0 Å². The molecule has 0 aliphatic heterocycles. The lowest BCUT2D eigenvalue weighted by Gasteiger charge is -2.23. The Morgan fingerprint density at radius 3 is 2.81 bits per heavy atom. The Morgan fingerprint density at radius 2 is 2.12 bits per heavy atom. The molecule has 0 spiro atoms. The molecule has 0 fully saturated rings. The smallest absolute Gasteiger partial charge is 0.255 e. The molecule has 3 rings (SSSR count). The van der Waals surface area contributed by atoms with Crippen LogP contribution in [0.5, 0.6) is 0 Å². The number of hydrogen-bond donors (Lipinski definition) is 2. The van der Waals surface area contributed by atoms with E-state index in [4.69, 9.17) is 4.42 Å². The molecule has 2 N–H and O–H groups in total. The SMILES string of the molecule is Cc1oc2ccc(SCc3ccccn3)cc2c1C(=O)NC(C)(C)CO. The van der Waals surface area contributed by atoms with E-state index in [0.29, 0.717) is 16.9 Å². The summed E-state index contributed by atoms with van der Waals surface area (Å²) in [5.74, 6) is 1.08. The molecule has 2 aromatic heterocycles. The topological polar surface area (TPSA) is 75.4 Å². The standard InChI is InChI=1S/C20H22N2O3S/c1-13-18(19(24)22-20(2,3)12-23)16-10-15(7-8-17(16)25-13)26-11-14-6-4-5-9-21-14/h4-10,23H,11-12H2,1-3H3,(H,22,24). The number of benzene rings is 1. The van der Waals surface area contributed by atoms with Crippen LogP contribution in [0.25, 0.3) is 11.0 Å². The fourth-order valence-electron chi connectivity index (χ4n) is 2.62. The summed E-state index contributed by atoms with van der Waals surface area (Å²) in [6, 6.07) is 11.7. The molecule has 2 heterocycles. The Hall–Kier alpha value is -2.31. The lowest BCUT2D eigenvalue weighted by atomic mass is 10.0. The van der Waals surface area contributed by atoms with Gasteiger partial charge in [-0.15, -0.1) is 11.8 Å². The molecule has 5 nitrogen and oxygen atoms in total. The van der Waals surface area contributed by atoms with Crippen molar-refractivity contribution in [3.63, 3.8) is 0 Å². The third kappa shape index (κ3) is 4.08. The molecule has 136 valence electrons. The molecule has 3 aromatic rings. The number of aliphatic hydroxyl groups is 1. The summed E-state index contributed by atoms with van der Waals surface area (Å²) in [6.45, 7) is 5.19. The van der Waals surface area contributed by atoms with Crippen LogP contribution in [-0.2, 0) is 5.75 Å². The first kappa shape index (κ1) is 18.5. The first-order valence-corrected chi connectivity index (χ1v) is 9.37. The molecule has 0 aliphatic carbocycles. The summed E-state index contributed by atoms with van der Waals surface area (Å²) < 4.78 is 5.74. The van der Waals surface area contributed by atoms with Crippen LogP contribution in [0.2, 0.25) is 0 Å². The van der Waals surface area contributed by atoms with Crippen molar-refractivity contribution in [3.8, 4) is 0 Å². The van der Waals surface area contributed by atoms with E-state index in [1.165, 1.54) is 0 Å². The second-order valence-corrected chi connectivity index (χ2v) is 7.85. The number of aliphatic hydroxyl groups excluding tert-OH is 1. The molecule has 0 saturated heterocycles. The maximum atomic E-state index is 12.7. The quantitative estimate of drug-likeness (QED) is 0.643. The number of fused-ring (bicyclic) bond motifs is 1. The average molecular weight is 370 g/mol. The van der Waals surface area contributed by atoms with E-state index >= 15 is 0 Å². The van der Waals surface area contributed by atoms with Gasteiger partial charge >= 0.3 is 0 Å². The number of carbonyl (C=O) groups is 1. The van der Waals surface area contributed by atoms with E-state index in [-0.39, 0.29) is 12.5 Å². The summed E-state index contributed by atoms with van der Waals surface area (Å²) in [4.78, 5) is 18.1. The van der Waals surface area contributed by atoms with Crippen molar-refractivity contribution in [2.45, 2.75) is 37.0 Å². The number of rotatable bonds is 6. The van der Waals surface area contributed by atoms with E-state index in [0.717, 1.165) is 21.7 Å². The number of pyridine rings is 1. The molecule has 1 amide bonds. The second-order valence-electron chi connectivity index (χ2n) is 6.80. The third-order valence-electron chi connectivity index (χ3n) is 4.02. The van der Waals surface area contributed by atoms with Gasteiger partial charge in [0.05, 0.1) is 23.4 Å². The lowest BCUT2D eigenvalue weighted by molar-refractivity contribution is 0.0869. The van der Waals surface area contributed by atoms with E-state index < -0.39 is 5.54 Å². The van der Waals surface area contributed by atoms with Crippen molar-refractivity contribution in [3.05, 3.63) is 59.6 Å². The van der Waals surface area contributed by atoms with E-state index in [9.17, 15) is 9.90 Å².